The first-order valence-electron chi connectivity index (χ1n) is 6.11. The average molecular weight is 223 g/mol. The summed E-state index contributed by atoms with van der Waals surface area (Å²) in [5.74, 6) is 1.24. The molecule has 0 radical (unpaired) electrons. The Balaban J connectivity index is 2.58. The molecule has 1 fully saturated rings. The highest BCUT2D eigenvalue weighted by molar-refractivity contribution is 5.71. The quantitative estimate of drug-likeness (QED) is 0.691. The lowest BCUT2D eigenvalue weighted by atomic mass is 9.75. The predicted octanol–water partition coefficient (Wildman–Crippen LogP) is 2.90. The lowest BCUT2D eigenvalue weighted by molar-refractivity contribution is -0.154. The van der Waals surface area contributed by atoms with E-state index in [1.54, 1.807) is 0 Å². The fraction of sp³-hybridized carbons (Fsp3) is 0.846. The molecular weight excluding hydrogens is 202 g/mol. The van der Waals surface area contributed by atoms with Crippen LogP contribution in [0.1, 0.15) is 46.5 Å². The van der Waals surface area contributed by atoms with Crippen LogP contribution in [0.3, 0.4) is 0 Å². The number of carbonyl (C=O) groups is 1. The van der Waals surface area contributed by atoms with Gasteiger partial charge in [0.15, 0.2) is 0 Å². The number of esters is 1. The molecule has 3 nitrogen and oxygen atoms in total. The van der Waals surface area contributed by atoms with Gasteiger partial charge >= 0.3 is 5.97 Å². The van der Waals surface area contributed by atoms with Gasteiger partial charge in [-0.3, -0.25) is 4.79 Å². The van der Waals surface area contributed by atoms with Crippen LogP contribution < -0.4 is 0 Å². The second-order valence-corrected chi connectivity index (χ2v) is 5.19. The lowest BCUT2D eigenvalue weighted by Gasteiger charge is -2.36. The van der Waals surface area contributed by atoms with Gasteiger partial charge in [0.25, 0.3) is 0 Å². The topological polar surface area (TPSA) is 50.1 Å². The lowest BCUT2D eigenvalue weighted by Crippen LogP contribution is -2.35. The monoisotopic (exact) mass is 223 g/mol. The summed E-state index contributed by atoms with van der Waals surface area (Å²) in [6, 6.07) is 1.84. The molecule has 3 heteroatoms. The maximum Gasteiger partial charge on any atom is 0.320 e. The maximum atomic E-state index is 11.3. The zero-order valence-corrected chi connectivity index (χ0v) is 10.4. The summed E-state index contributed by atoms with van der Waals surface area (Å²) in [4.78, 5) is 11.3. The first-order valence-corrected chi connectivity index (χ1v) is 6.11. The first-order chi connectivity index (χ1) is 7.54. The van der Waals surface area contributed by atoms with Crippen LogP contribution >= 0.6 is 0 Å². The zero-order chi connectivity index (χ0) is 12.1. The van der Waals surface area contributed by atoms with Crippen molar-refractivity contribution >= 4 is 5.97 Å². The Hall–Kier alpha value is -1.04. The van der Waals surface area contributed by atoms with Crippen molar-refractivity contribution in [3.05, 3.63) is 0 Å². The number of rotatable bonds is 3. The highest BCUT2D eigenvalue weighted by atomic mass is 16.5. The average Bonchev–Trinajstić information content (AvgIpc) is 2.17. The number of ether oxygens (including phenoxy) is 1. The van der Waals surface area contributed by atoms with Crippen LogP contribution in [-0.4, -0.2) is 12.1 Å². The van der Waals surface area contributed by atoms with Gasteiger partial charge < -0.3 is 4.74 Å². The van der Waals surface area contributed by atoms with Crippen LogP contribution in [0.25, 0.3) is 0 Å². The van der Waals surface area contributed by atoms with Crippen molar-refractivity contribution in [2.75, 3.05) is 0 Å². The van der Waals surface area contributed by atoms with Crippen molar-refractivity contribution in [3.63, 3.8) is 0 Å². The molecular formula is C13H21NO2. The van der Waals surface area contributed by atoms with Crippen molar-refractivity contribution in [3.8, 4) is 6.07 Å². The van der Waals surface area contributed by atoms with Gasteiger partial charge in [0.1, 0.15) is 12.5 Å². The van der Waals surface area contributed by atoms with E-state index in [0.717, 1.165) is 12.8 Å². The van der Waals surface area contributed by atoms with Crippen molar-refractivity contribution < 1.29 is 9.53 Å². The minimum absolute atomic E-state index is 0.0181. The summed E-state index contributed by atoms with van der Waals surface area (Å²) in [5, 5.41) is 8.44. The SMILES string of the molecule is CC(C)[C@H]1CC[C@@H](C)C[C@@H]1OC(=O)CC#N. The van der Waals surface area contributed by atoms with Crippen LogP contribution in [0, 0.1) is 29.1 Å². The third kappa shape index (κ3) is 3.52. The molecule has 0 unspecified atom stereocenters. The third-order valence-electron chi connectivity index (χ3n) is 3.47. The number of hydrogen-bond acceptors (Lipinski definition) is 3. The van der Waals surface area contributed by atoms with Gasteiger partial charge in [-0.25, -0.2) is 0 Å². The van der Waals surface area contributed by atoms with Crippen molar-refractivity contribution in [1.82, 2.24) is 0 Å². The summed E-state index contributed by atoms with van der Waals surface area (Å²) in [5.41, 5.74) is 0. The zero-order valence-electron chi connectivity index (χ0n) is 10.4. The number of nitriles is 1. The predicted molar refractivity (Wildman–Crippen MR) is 61.5 cm³/mol. The molecule has 0 aromatic rings. The second kappa shape index (κ2) is 5.89. The van der Waals surface area contributed by atoms with Crippen LogP contribution in [0.15, 0.2) is 0 Å². The maximum absolute atomic E-state index is 11.3. The molecule has 1 saturated carbocycles. The second-order valence-electron chi connectivity index (χ2n) is 5.19. The van der Waals surface area contributed by atoms with E-state index in [4.69, 9.17) is 10.00 Å². The molecule has 1 aliphatic rings. The Labute approximate surface area is 97.8 Å². The Morgan fingerprint density at radius 3 is 2.75 bits per heavy atom. The third-order valence-corrected chi connectivity index (χ3v) is 3.47. The molecule has 1 rings (SSSR count). The highest BCUT2D eigenvalue weighted by Gasteiger charge is 2.33. The van der Waals surface area contributed by atoms with Gasteiger partial charge in [0, 0.05) is 0 Å². The van der Waals surface area contributed by atoms with Gasteiger partial charge in [-0.05, 0) is 30.6 Å². The van der Waals surface area contributed by atoms with Gasteiger partial charge in [-0.2, -0.15) is 5.26 Å². The molecule has 0 aliphatic heterocycles. The van der Waals surface area contributed by atoms with E-state index in [1.165, 1.54) is 6.42 Å². The van der Waals surface area contributed by atoms with Crippen LogP contribution in [0.5, 0.6) is 0 Å². The molecule has 0 N–H and O–H groups in total. The van der Waals surface area contributed by atoms with Crippen molar-refractivity contribution in [1.29, 1.82) is 5.26 Å². The van der Waals surface area contributed by atoms with Gasteiger partial charge in [0.05, 0.1) is 6.07 Å². The number of carbonyl (C=O) groups excluding carboxylic acids is 1. The molecule has 0 spiro atoms. The fourth-order valence-corrected chi connectivity index (χ4v) is 2.53. The summed E-state index contributed by atoms with van der Waals surface area (Å²) >= 11 is 0. The van der Waals surface area contributed by atoms with E-state index in [1.807, 2.05) is 6.07 Å². The molecule has 0 aromatic heterocycles. The van der Waals surface area contributed by atoms with E-state index < -0.39 is 0 Å². The molecule has 90 valence electrons. The minimum Gasteiger partial charge on any atom is -0.461 e. The van der Waals surface area contributed by atoms with Crippen LogP contribution in [0.2, 0.25) is 0 Å². The smallest absolute Gasteiger partial charge is 0.320 e. The standard InChI is InChI=1S/C13H21NO2/c1-9(2)11-5-4-10(3)8-12(11)16-13(15)6-7-14/h9-12H,4-6,8H2,1-3H3/t10-,11-,12+/m1/s1. The Morgan fingerprint density at radius 2 is 2.19 bits per heavy atom. The molecule has 0 aromatic carbocycles. The van der Waals surface area contributed by atoms with E-state index in [-0.39, 0.29) is 18.5 Å². The fourth-order valence-electron chi connectivity index (χ4n) is 2.53. The normalized spacial score (nSPS) is 29.8. The van der Waals surface area contributed by atoms with E-state index in [2.05, 4.69) is 20.8 Å². The van der Waals surface area contributed by atoms with Gasteiger partial charge in [0.2, 0.25) is 0 Å². The Morgan fingerprint density at radius 1 is 1.50 bits per heavy atom. The summed E-state index contributed by atoms with van der Waals surface area (Å²) in [6.07, 6.45) is 3.18. The summed E-state index contributed by atoms with van der Waals surface area (Å²) < 4.78 is 5.41. The Kier molecular flexibility index (Phi) is 4.79. The summed E-state index contributed by atoms with van der Waals surface area (Å²) in [6.45, 7) is 6.54. The van der Waals surface area contributed by atoms with Crippen LogP contribution in [0.4, 0.5) is 0 Å². The molecule has 0 heterocycles. The van der Waals surface area contributed by atoms with Crippen LogP contribution in [-0.2, 0) is 9.53 Å². The molecule has 0 amide bonds. The van der Waals surface area contributed by atoms with E-state index in [9.17, 15) is 4.79 Å². The minimum atomic E-state index is -0.368. The molecule has 1 aliphatic carbocycles. The number of hydrogen-bond donors (Lipinski definition) is 0. The van der Waals surface area contributed by atoms with Crippen molar-refractivity contribution in [2.24, 2.45) is 17.8 Å². The van der Waals surface area contributed by atoms with Gasteiger partial charge in [-0.1, -0.05) is 27.2 Å². The molecule has 3 atom stereocenters. The number of nitrogens with zero attached hydrogens (tertiary/aromatic N) is 1. The first kappa shape index (κ1) is 13.0. The molecule has 0 saturated heterocycles. The largest absolute Gasteiger partial charge is 0.461 e. The van der Waals surface area contributed by atoms with Gasteiger partial charge in [-0.15, -0.1) is 0 Å². The highest BCUT2D eigenvalue weighted by Crippen LogP contribution is 2.35. The molecule has 0 bridgehead atoms. The Bertz CT molecular complexity index is 280. The van der Waals surface area contributed by atoms with E-state index >= 15 is 0 Å². The van der Waals surface area contributed by atoms with E-state index in [0.29, 0.717) is 17.8 Å². The summed E-state index contributed by atoms with van der Waals surface area (Å²) in [7, 11) is 0. The van der Waals surface area contributed by atoms with Crippen molar-refractivity contribution in [2.45, 2.75) is 52.6 Å². The molecule has 16 heavy (non-hydrogen) atoms.